The predicted molar refractivity (Wildman–Crippen MR) is 83.1 cm³/mol. The van der Waals surface area contributed by atoms with Crippen LogP contribution >= 0.6 is 0 Å². The second kappa shape index (κ2) is 6.53. The Labute approximate surface area is 116 Å². The molecule has 1 nitrogen and oxygen atoms in total. The minimum Gasteiger partial charge on any atom is -0.310 e. The molecule has 100 valence electrons. The summed E-state index contributed by atoms with van der Waals surface area (Å²) in [6.45, 7) is 7.75. The highest BCUT2D eigenvalue weighted by molar-refractivity contribution is 5.63. The zero-order valence-electron chi connectivity index (χ0n) is 12.1. The van der Waals surface area contributed by atoms with Crippen LogP contribution in [0.4, 0.5) is 0 Å². The lowest BCUT2D eigenvalue weighted by molar-refractivity contribution is 0.496. The molecule has 0 aromatic heterocycles. The molecule has 0 saturated carbocycles. The Bertz CT molecular complexity index is 485. The number of hydrogen-bond acceptors (Lipinski definition) is 1. The average molecular weight is 253 g/mol. The van der Waals surface area contributed by atoms with Gasteiger partial charge in [0, 0.05) is 6.04 Å². The van der Waals surface area contributed by atoms with Crippen molar-refractivity contribution in [2.24, 2.45) is 5.92 Å². The second-order valence-electron chi connectivity index (χ2n) is 5.51. The minimum atomic E-state index is 0.409. The molecule has 0 amide bonds. The topological polar surface area (TPSA) is 12.0 Å². The minimum absolute atomic E-state index is 0.409. The van der Waals surface area contributed by atoms with Gasteiger partial charge in [-0.25, -0.2) is 0 Å². The molecule has 0 saturated heterocycles. The molecule has 1 unspecified atom stereocenters. The third-order valence-corrected chi connectivity index (χ3v) is 3.35. The van der Waals surface area contributed by atoms with Gasteiger partial charge >= 0.3 is 0 Å². The van der Waals surface area contributed by atoms with Gasteiger partial charge in [0.25, 0.3) is 0 Å². The Kier molecular flexibility index (Phi) is 4.75. The molecule has 0 radical (unpaired) electrons. The van der Waals surface area contributed by atoms with E-state index in [0.717, 1.165) is 6.54 Å². The van der Waals surface area contributed by atoms with Crippen LogP contribution in [0.2, 0.25) is 0 Å². The van der Waals surface area contributed by atoms with Crippen molar-refractivity contribution in [2.45, 2.75) is 26.8 Å². The molecule has 2 aromatic rings. The maximum Gasteiger partial charge on any atom is 0.0291 e. The molecule has 0 fully saturated rings. The van der Waals surface area contributed by atoms with E-state index in [1.165, 1.54) is 16.7 Å². The Morgan fingerprint density at radius 2 is 1.37 bits per heavy atom. The summed E-state index contributed by atoms with van der Waals surface area (Å²) in [6, 6.07) is 19.8. The van der Waals surface area contributed by atoms with Gasteiger partial charge in [0.15, 0.2) is 0 Å². The standard InChI is InChI=1S/C18H23N/c1-14(2)13-19-15(3)16-9-11-18(12-10-16)17-7-5-4-6-8-17/h4-12,14-15,19H,13H2,1-3H3. The average Bonchev–Trinajstić information content (AvgIpc) is 2.46. The molecule has 1 atom stereocenters. The molecule has 1 heteroatoms. The summed E-state index contributed by atoms with van der Waals surface area (Å²) in [5.74, 6) is 0.686. The maximum atomic E-state index is 3.56. The maximum absolute atomic E-state index is 3.56. The van der Waals surface area contributed by atoms with Gasteiger partial charge in [-0.3, -0.25) is 0 Å². The zero-order chi connectivity index (χ0) is 13.7. The van der Waals surface area contributed by atoms with Crippen LogP contribution in [0.5, 0.6) is 0 Å². The van der Waals surface area contributed by atoms with Crippen LogP contribution in [0.15, 0.2) is 54.6 Å². The van der Waals surface area contributed by atoms with Crippen molar-refractivity contribution < 1.29 is 0 Å². The number of benzene rings is 2. The van der Waals surface area contributed by atoms with Crippen molar-refractivity contribution >= 4 is 0 Å². The van der Waals surface area contributed by atoms with Crippen molar-refractivity contribution in [3.63, 3.8) is 0 Å². The van der Waals surface area contributed by atoms with E-state index in [1.54, 1.807) is 0 Å². The summed E-state index contributed by atoms with van der Waals surface area (Å²) in [5, 5.41) is 3.56. The van der Waals surface area contributed by atoms with E-state index in [1.807, 2.05) is 0 Å². The molecule has 0 spiro atoms. The molecule has 2 aromatic carbocycles. The fourth-order valence-electron chi connectivity index (χ4n) is 2.13. The quantitative estimate of drug-likeness (QED) is 0.817. The summed E-state index contributed by atoms with van der Waals surface area (Å²) in [5.41, 5.74) is 3.90. The Balaban J connectivity index is 2.06. The third-order valence-electron chi connectivity index (χ3n) is 3.35. The highest BCUT2D eigenvalue weighted by Crippen LogP contribution is 2.21. The van der Waals surface area contributed by atoms with Crippen LogP contribution in [0.25, 0.3) is 11.1 Å². The van der Waals surface area contributed by atoms with Gasteiger partial charge in [0.05, 0.1) is 0 Å². The monoisotopic (exact) mass is 253 g/mol. The van der Waals surface area contributed by atoms with Crippen molar-refractivity contribution in [1.29, 1.82) is 0 Å². The zero-order valence-corrected chi connectivity index (χ0v) is 12.1. The summed E-state index contributed by atoms with van der Waals surface area (Å²) in [7, 11) is 0. The molecule has 19 heavy (non-hydrogen) atoms. The highest BCUT2D eigenvalue weighted by Gasteiger charge is 2.05. The van der Waals surface area contributed by atoms with Crippen molar-refractivity contribution in [3.8, 4) is 11.1 Å². The van der Waals surface area contributed by atoms with E-state index in [0.29, 0.717) is 12.0 Å². The van der Waals surface area contributed by atoms with Gasteiger partial charge in [-0.15, -0.1) is 0 Å². The van der Waals surface area contributed by atoms with Crippen LogP contribution in [0, 0.1) is 5.92 Å². The fraction of sp³-hybridized carbons (Fsp3) is 0.333. The lowest BCUT2D eigenvalue weighted by Crippen LogP contribution is -2.23. The molecule has 0 aliphatic rings. The highest BCUT2D eigenvalue weighted by atomic mass is 14.9. The molecule has 1 N–H and O–H groups in total. The van der Waals surface area contributed by atoms with Gasteiger partial charge in [-0.2, -0.15) is 0 Å². The van der Waals surface area contributed by atoms with Crippen LogP contribution in [0.1, 0.15) is 32.4 Å². The van der Waals surface area contributed by atoms with E-state index in [2.05, 4.69) is 80.7 Å². The first-order valence-electron chi connectivity index (χ1n) is 7.05. The normalized spacial score (nSPS) is 12.6. The van der Waals surface area contributed by atoms with Gasteiger partial charge in [-0.1, -0.05) is 68.4 Å². The van der Waals surface area contributed by atoms with Crippen LogP contribution in [-0.4, -0.2) is 6.54 Å². The SMILES string of the molecule is CC(C)CNC(C)c1ccc(-c2ccccc2)cc1. The fourth-order valence-corrected chi connectivity index (χ4v) is 2.13. The van der Waals surface area contributed by atoms with Crippen molar-refractivity contribution in [2.75, 3.05) is 6.54 Å². The summed E-state index contributed by atoms with van der Waals surface area (Å²) in [4.78, 5) is 0. The number of hydrogen-bond donors (Lipinski definition) is 1. The van der Waals surface area contributed by atoms with Crippen LogP contribution in [-0.2, 0) is 0 Å². The molecule has 0 aliphatic carbocycles. The predicted octanol–water partition coefficient (Wildman–Crippen LogP) is 4.66. The molecule has 0 bridgehead atoms. The first-order valence-corrected chi connectivity index (χ1v) is 7.05. The van der Waals surface area contributed by atoms with E-state index in [4.69, 9.17) is 0 Å². The van der Waals surface area contributed by atoms with E-state index < -0.39 is 0 Å². The second-order valence-corrected chi connectivity index (χ2v) is 5.51. The first kappa shape index (κ1) is 13.8. The Morgan fingerprint density at radius 3 is 1.95 bits per heavy atom. The third kappa shape index (κ3) is 3.93. The van der Waals surface area contributed by atoms with Crippen molar-refractivity contribution in [1.82, 2.24) is 5.32 Å². The van der Waals surface area contributed by atoms with Crippen LogP contribution in [0.3, 0.4) is 0 Å². The molecular weight excluding hydrogens is 230 g/mol. The first-order chi connectivity index (χ1) is 9.16. The van der Waals surface area contributed by atoms with Gasteiger partial charge < -0.3 is 5.32 Å². The van der Waals surface area contributed by atoms with Crippen molar-refractivity contribution in [3.05, 3.63) is 60.2 Å². The van der Waals surface area contributed by atoms with Crippen LogP contribution < -0.4 is 5.32 Å². The summed E-state index contributed by atoms with van der Waals surface area (Å²) >= 11 is 0. The van der Waals surface area contributed by atoms with Gasteiger partial charge in [0.1, 0.15) is 0 Å². The summed E-state index contributed by atoms with van der Waals surface area (Å²) < 4.78 is 0. The van der Waals surface area contributed by atoms with E-state index >= 15 is 0 Å². The smallest absolute Gasteiger partial charge is 0.0291 e. The Hall–Kier alpha value is -1.60. The van der Waals surface area contributed by atoms with Gasteiger partial charge in [-0.05, 0) is 36.1 Å². The van der Waals surface area contributed by atoms with Gasteiger partial charge in [0.2, 0.25) is 0 Å². The molecule has 2 rings (SSSR count). The Morgan fingerprint density at radius 1 is 0.789 bits per heavy atom. The van der Waals surface area contributed by atoms with E-state index in [9.17, 15) is 0 Å². The lowest BCUT2D eigenvalue weighted by Gasteiger charge is -2.16. The summed E-state index contributed by atoms with van der Waals surface area (Å²) in [6.07, 6.45) is 0. The lowest BCUT2D eigenvalue weighted by atomic mass is 10.0. The number of rotatable bonds is 5. The largest absolute Gasteiger partial charge is 0.310 e. The molecule has 0 aliphatic heterocycles. The number of nitrogens with one attached hydrogen (secondary N) is 1. The molecule has 0 heterocycles. The molecular formula is C18H23N. The van der Waals surface area contributed by atoms with E-state index in [-0.39, 0.29) is 0 Å².